The van der Waals surface area contributed by atoms with Crippen molar-refractivity contribution < 1.29 is 4.79 Å². The Morgan fingerprint density at radius 2 is 2.41 bits per heavy atom. The van der Waals surface area contributed by atoms with Crippen molar-refractivity contribution in [3.05, 3.63) is 18.2 Å². The molecule has 1 fully saturated rings. The van der Waals surface area contributed by atoms with E-state index >= 15 is 0 Å². The number of piperidine rings is 1. The minimum absolute atomic E-state index is 0.193. The first-order valence-corrected chi connectivity index (χ1v) is 6.00. The molecule has 1 aliphatic rings. The smallest absolute Gasteiger partial charge is 0.224 e. The Balaban J connectivity index is 2.03. The molecule has 0 aliphatic carbocycles. The van der Waals surface area contributed by atoms with Gasteiger partial charge >= 0.3 is 0 Å². The normalized spacial score (nSPS) is 26.0. The van der Waals surface area contributed by atoms with Crippen LogP contribution in [-0.2, 0) is 18.4 Å². The Morgan fingerprint density at radius 3 is 3.00 bits per heavy atom. The number of nitrogens with two attached hydrogens (primary N) is 1. The van der Waals surface area contributed by atoms with Crippen LogP contribution < -0.4 is 5.73 Å². The number of aromatic nitrogens is 2. The Bertz CT molecular complexity index is 414. The summed E-state index contributed by atoms with van der Waals surface area (Å²) in [5, 5.41) is 0. The lowest BCUT2D eigenvalue weighted by Gasteiger charge is -2.38. The van der Waals surface area contributed by atoms with Gasteiger partial charge in [-0.05, 0) is 26.3 Å². The highest BCUT2D eigenvalue weighted by molar-refractivity contribution is 5.80. The minimum Gasteiger partial charge on any atom is -0.369 e. The van der Waals surface area contributed by atoms with Gasteiger partial charge in [-0.25, -0.2) is 4.98 Å². The van der Waals surface area contributed by atoms with Crippen molar-refractivity contribution in [1.29, 1.82) is 0 Å². The predicted molar refractivity (Wildman–Crippen MR) is 65.0 cm³/mol. The van der Waals surface area contributed by atoms with E-state index in [4.69, 9.17) is 5.73 Å². The first-order valence-electron chi connectivity index (χ1n) is 6.00. The second-order valence-electron chi connectivity index (χ2n) is 5.19. The molecule has 1 amide bonds. The number of imidazole rings is 1. The highest BCUT2D eigenvalue weighted by atomic mass is 16.1. The molecule has 1 saturated heterocycles. The second kappa shape index (κ2) is 4.49. The summed E-state index contributed by atoms with van der Waals surface area (Å²) in [4.78, 5) is 18.0. The van der Waals surface area contributed by atoms with Gasteiger partial charge in [-0.3, -0.25) is 9.69 Å². The number of likely N-dealkylation sites (tertiary alicyclic amines) is 1. The van der Waals surface area contributed by atoms with Crippen LogP contribution in [0.3, 0.4) is 0 Å². The Morgan fingerprint density at radius 1 is 1.65 bits per heavy atom. The molecular formula is C12H20N4O. The lowest BCUT2D eigenvalue weighted by Crippen LogP contribution is -2.48. The van der Waals surface area contributed by atoms with Crippen molar-refractivity contribution >= 4 is 5.91 Å². The van der Waals surface area contributed by atoms with Gasteiger partial charge in [0.25, 0.3) is 0 Å². The highest BCUT2D eigenvalue weighted by Gasteiger charge is 2.36. The number of amides is 1. The molecule has 1 aromatic heterocycles. The molecule has 0 saturated carbocycles. The number of carbonyl (C=O) groups excluding carboxylic acids is 1. The molecule has 1 aromatic rings. The van der Waals surface area contributed by atoms with Gasteiger partial charge in [0.2, 0.25) is 5.91 Å². The second-order valence-corrected chi connectivity index (χ2v) is 5.19. The monoisotopic (exact) mass is 236 g/mol. The molecule has 2 N–H and O–H groups in total. The minimum atomic E-state index is -0.386. The maximum absolute atomic E-state index is 11.5. The molecule has 94 valence electrons. The average molecular weight is 236 g/mol. The largest absolute Gasteiger partial charge is 0.369 e. The third kappa shape index (κ3) is 2.49. The number of hydrogen-bond acceptors (Lipinski definition) is 3. The molecule has 0 unspecified atom stereocenters. The Labute approximate surface area is 102 Å². The summed E-state index contributed by atoms with van der Waals surface area (Å²) in [6.07, 6.45) is 5.64. The van der Waals surface area contributed by atoms with Crippen molar-refractivity contribution in [2.75, 3.05) is 13.1 Å². The zero-order valence-electron chi connectivity index (χ0n) is 10.5. The lowest BCUT2D eigenvalue weighted by molar-refractivity contribution is -0.130. The molecule has 17 heavy (non-hydrogen) atoms. The van der Waals surface area contributed by atoms with Gasteiger partial charge in [0.05, 0.1) is 12.0 Å². The van der Waals surface area contributed by atoms with Crippen LogP contribution >= 0.6 is 0 Å². The highest BCUT2D eigenvalue weighted by Crippen LogP contribution is 2.29. The summed E-state index contributed by atoms with van der Waals surface area (Å²) < 4.78 is 2.01. The first-order chi connectivity index (χ1) is 8.01. The van der Waals surface area contributed by atoms with E-state index in [2.05, 4.69) is 9.88 Å². The number of nitrogens with zero attached hydrogens (tertiary/aromatic N) is 3. The SMILES string of the molecule is Cn1ccnc1CN1CCC[C@](C)(C(N)=O)C1. The van der Waals surface area contributed by atoms with Crippen LogP contribution in [0.1, 0.15) is 25.6 Å². The average Bonchev–Trinajstić information content (AvgIpc) is 2.64. The van der Waals surface area contributed by atoms with Gasteiger partial charge in [0, 0.05) is 26.0 Å². The molecule has 0 aromatic carbocycles. The lowest BCUT2D eigenvalue weighted by atomic mass is 9.81. The molecule has 2 heterocycles. The first kappa shape index (κ1) is 12.1. The van der Waals surface area contributed by atoms with Crippen LogP contribution in [0, 0.1) is 5.41 Å². The predicted octanol–water partition coefficient (Wildman–Crippen LogP) is 0.508. The fraction of sp³-hybridized carbons (Fsp3) is 0.667. The van der Waals surface area contributed by atoms with Crippen molar-refractivity contribution in [2.24, 2.45) is 18.2 Å². The van der Waals surface area contributed by atoms with E-state index in [1.807, 2.05) is 24.7 Å². The van der Waals surface area contributed by atoms with Gasteiger partial charge < -0.3 is 10.3 Å². The van der Waals surface area contributed by atoms with E-state index in [1.165, 1.54) is 0 Å². The maximum Gasteiger partial charge on any atom is 0.224 e. The number of carbonyl (C=O) groups is 1. The third-order valence-corrected chi connectivity index (χ3v) is 3.66. The molecule has 0 radical (unpaired) electrons. The summed E-state index contributed by atoms with van der Waals surface area (Å²) in [6, 6.07) is 0. The third-order valence-electron chi connectivity index (χ3n) is 3.66. The van der Waals surface area contributed by atoms with Crippen molar-refractivity contribution in [3.8, 4) is 0 Å². The summed E-state index contributed by atoms with van der Waals surface area (Å²) in [5.41, 5.74) is 5.10. The van der Waals surface area contributed by atoms with Crippen molar-refractivity contribution in [3.63, 3.8) is 0 Å². The van der Waals surface area contributed by atoms with Crippen LogP contribution in [-0.4, -0.2) is 33.4 Å². The van der Waals surface area contributed by atoms with Crippen LogP contribution in [0.25, 0.3) is 0 Å². The van der Waals surface area contributed by atoms with E-state index in [0.29, 0.717) is 0 Å². The molecule has 5 nitrogen and oxygen atoms in total. The molecule has 5 heteroatoms. The van der Waals surface area contributed by atoms with Crippen molar-refractivity contribution in [1.82, 2.24) is 14.5 Å². The van der Waals surface area contributed by atoms with Crippen LogP contribution in [0.2, 0.25) is 0 Å². The van der Waals surface area contributed by atoms with Crippen LogP contribution in [0.15, 0.2) is 12.4 Å². The number of hydrogen-bond donors (Lipinski definition) is 1. The quantitative estimate of drug-likeness (QED) is 0.831. The topological polar surface area (TPSA) is 64.2 Å². The maximum atomic E-state index is 11.5. The standard InChI is InChI=1S/C12H20N4O/c1-12(11(13)17)4-3-6-16(9-12)8-10-14-5-7-15(10)2/h5,7H,3-4,6,8-9H2,1-2H3,(H2,13,17)/t12-/m0/s1. The van der Waals surface area contributed by atoms with E-state index < -0.39 is 0 Å². The molecule has 0 spiro atoms. The summed E-state index contributed by atoms with van der Waals surface area (Å²) >= 11 is 0. The van der Waals surface area contributed by atoms with Crippen LogP contribution in [0.4, 0.5) is 0 Å². The fourth-order valence-electron chi connectivity index (χ4n) is 2.43. The number of aryl methyl sites for hydroxylation is 1. The van der Waals surface area contributed by atoms with Crippen molar-refractivity contribution in [2.45, 2.75) is 26.3 Å². The van der Waals surface area contributed by atoms with Gasteiger partial charge in [0.15, 0.2) is 0 Å². The molecule has 0 bridgehead atoms. The molecule has 2 rings (SSSR count). The zero-order valence-corrected chi connectivity index (χ0v) is 10.5. The fourth-order valence-corrected chi connectivity index (χ4v) is 2.43. The van der Waals surface area contributed by atoms with E-state index in [0.717, 1.165) is 38.3 Å². The zero-order chi connectivity index (χ0) is 12.5. The Kier molecular flexibility index (Phi) is 3.19. The van der Waals surface area contributed by atoms with Gasteiger partial charge in [-0.15, -0.1) is 0 Å². The van der Waals surface area contributed by atoms with E-state index in [1.54, 1.807) is 6.20 Å². The van der Waals surface area contributed by atoms with Gasteiger partial charge in [-0.2, -0.15) is 0 Å². The Hall–Kier alpha value is -1.36. The molecule has 1 atom stereocenters. The number of rotatable bonds is 3. The van der Waals surface area contributed by atoms with Crippen LogP contribution in [0.5, 0.6) is 0 Å². The number of primary amides is 1. The molecular weight excluding hydrogens is 216 g/mol. The van der Waals surface area contributed by atoms with E-state index in [-0.39, 0.29) is 11.3 Å². The summed E-state index contributed by atoms with van der Waals surface area (Å²) in [5.74, 6) is 0.834. The summed E-state index contributed by atoms with van der Waals surface area (Å²) in [7, 11) is 1.99. The van der Waals surface area contributed by atoms with Gasteiger partial charge in [-0.1, -0.05) is 0 Å². The van der Waals surface area contributed by atoms with Gasteiger partial charge in [0.1, 0.15) is 5.82 Å². The summed E-state index contributed by atoms with van der Waals surface area (Å²) in [6.45, 7) is 4.48. The van der Waals surface area contributed by atoms with E-state index in [9.17, 15) is 4.79 Å². The molecule has 1 aliphatic heterocycles.